The Morgan fingerprint density at radius 2 is 1.78 bits per heavy atom. The van der Waals surface area contributed by atoms with Gasteiger partial charge in [-0.2, -0.15) is 11.8 Å². The standard InChI is InChI=1S/C16H31NS/c1-18-12-5-3-2-4-11-17-16-8-6-7-15(13-16)14-9-10-14/h14-17H,2-13H2,1H3. The number of thioether (sulfide) groups is 1. The molecule has 0 amide bonds. The van der Waals surface area contributed by atoms with E-state index in [0.717, 1.165) is 17.9 Å². The van der Waals surface area contributed by atoms with E-state index in [-0.39, 0.29) is 0 Å². The Labute approximate surface area is 118 Å². The highest BCUT2D eigenvalue weighted by Gasteiger charge is 2.34. The molecule has 0 aromatic rings. The molecule has 2 heteroatoms. The molecule has 106 valence electrons. The lowest BCUT2D eigenvalue weighted by Gasteiger charge is -2.30. The third-order valence-electron chi connectivity index (χ3n) is 4.71. The summed E-state index contributed by atoms with van der Waals surface area (Å²) in [7, 11) is 0. The lowest BCUT2D eigenvalue weighted by atomic mass is 9.82. The Kier molecular flexibility index (Phi) is 6.93. The second-order valence-corrected chi connectivity index (χ2v) is 7.31. The molecule has 2 atom stereocenters. The first kappa shape index (κ1) is 14.7. The van der Waals surface area contributed by atoms with Crippen LogP contribution in [0, 0.1) is 11.8 Å². The molecule has 0 bridgehead atoms. The summed E-state index contributed by atoms with van der Waals surface area (Å²) in [4.78, 5) is 0. The van der Waals surface area contributed by atoms with Gasteiger partial charge >= 0.3 is 0 Å². The highest BCUT2D eigenvalue weighted by Crippen LogP contribution is 2.43. The van der Waals surface area contributed by atoms with E-state index in [2.05, 4.69) is 11.6 Å². The van der Waals surface area contributed by atoms with Gasteiger partial charge in [-0.25, -0.2) is 0 Å². The summed E-state index contributed by atoms with van der Waals surface area (Å²) >= 11 is 1.98. The third-order valence-corrected chi connectivity index (χ3v) is 5.41. The number of nitrogens with one attached hydrogen (secondary N) is 1. The van der Waals surface area contributed by atoms with Crippen LogP contribution in [0.5, 0.6) is 0 Å². The third kappa shape index (κ3) is 5.52. The lowest BCUT2D eigenvalue weighted by molar-refractivity contribution is 0.260. The largest absolute Gasteiger partial charge is 0.314 e. The second kappa shape index (κ2) is 8.47. The summed E-state index contributed by atoms with van der Waals surface area (Å²) in [6, 6.07) is 0.857. The van der Waals surface area contributed by atoms with Gasteiger partial charge in [-0.05, 0) is 68.9 Å². The van der Waals surface area contributed by atoms with Crippen LogP contribution in [0.25, 0.3) is 0 Å². The van der Waals surface area contributed by atoms with Gasteiger partial charge in [0.05, 0.1) is 0 Å². The van der Waals surface area contributed by atoms with Crippen molar-refractivity contribution in [2.24, 2.45) is 11.8 Å². The summed E-state index contributed by atoms with van der Waals surface area (Å²) in [6.07, 6.45) is 16.9. The van der Waals surface area contributed by atoms with Gasteiger partial charge in [0.25, 0.3) is 0 Å². The van der Waals surface area contributed by atoms with E-state index in [0.29, 0.717) is 0 Å². The molecule has 0 saturated heterocycles. The van der Waals surface area contributed by atoms with Crippen molar-refractivity contribution < 1.29 is 0 Å². The van der Waals surface area contributed by atoms with E-state index in [1.54, 1.807) is 0 Å². The van der Waals surface area contributed by atoms with E-state index < -0.39 is 0 Å². The summed E-state index contributed by atoms with van der Waals surface area (Å²) in [6.45, 7) is 1.27. The highest BCUT2D eigenvalue weighted by atomic mass is 32.2. The second-order valence-electron chi connectivity index (χ2n) is 6.32. The molecule has 1 nitrogen and oxygen atoms in total. The molecule has 2 unspecified atom stereocenters. The van der Waals surface area contributed by atoms with Gasteiger partial charge in [-0.1, -0.05) is 25.7 Å². The first-order chi connectivity index (χ1) is 8.90. The maximum Gasteiger partial charge on any atom is 0.00698 e. The van der Waals surface area contributed by atoms with Crippen LogP contribution in [-0.2, 0) is 0 Å². The zero-order chi connectivity index (χ0) is 12.6. The minimum atomic E-state index is 0.857. The molecule has 0 heterocycles. The van der Waals surface area contributed by atoms with Crippen molar-refractivity contribution >= 4 is 11.8 Å². The molecule has 1 N–H and O–H groups in total. The Balaban J connectivity index is 1.45. The SMILES string of the molecule is CSCCCCCCNC1CCCC(C2CC2)C1. The highest BCUT2D eigenvalue weighted by molar-refractivity contribution is 7.98. The van der Waals surface area contributed by atoms with Crippen LogP contribution in [0.1, 0.15) is 64.2 Å². The maximum atomic E-state index is 3.82. The quantitative estimate of drug-likeness (QED) is 0.620. The van der Waals surface area contributed by atoms with Gasteiger partial charge in [0.2, 0.25) is 0 Å². The van der Waals surface area contributed by atoms with Crippen molar-refractivity contribution in [1.29, 1.82) is 0 Å². The molecule has 2 saturated carbocycles. The predicted molar refractivity (Wildman–Crippen MR) is 83.3 cm³/mol. The van der Waals surface area contributed by atoms with Crippen LogP contribution in [0.3, 0.4) is 0 Å². The zero-order valence-electron chi connectivity index (χ0n) is 12.1. The molecule has 2 rings (SSSR count). The van der Waals surface area contributed by atoms with Crippen LogP contribution in [0.4, 0.5) is 0 Å². The normalized spacial score (nSPS) is 28.5. The van der Waals surface area contributed by atoms with E-state index in [4.69, 9.17) is 0 Å². The Bertz CT molecular complexity index is 215. The number of hydrogen-bond donors (Lipinski definition) is 1. The van der Waals surface area contributed by atoms with E-state index in [1.165, 1.54) is 76.5 Å². The smallest absolute Gasteiger partial charge is 0.00698 e. The van der Waals surface area contributed by atoms with Crippen LogP contribution in [-0.4, -0.2) is 24.6 Å². The first-order valence-corrected chi connectivity index (χ1v) is 9.52. The van der Waals surface area contributed by atoms with E-state index >= 15 is 0 Å². The predicted octanol–water partition coefficient (Wildman–Crippen LogP) is 4.47. The lowest BCUT2D eigenvalue weighted by Crippen LogP contribution is -2.35. The van der Waals surface area contributed by atoms with E-state index in [1.807, 2.05) is 11.8 Å². The molecule has 2 aliphatic carbocycles. The van der Waals surface area contributed by atoms with Gasteiger partial charge in [0.1, 0.15) is 0 Å². The molecule has 2 aliphatic rings. The van der Waals surface area contributed by atoms with Crippen LogP contribution in [0.15, 0.2) is 0 Å². The van der Waals surface area contributed by atoms with Crippen molar-refractivity contribution in [3.8, 4) is 0 Å². The average molecular weight is 269 g/mol. The maximum absolute atomic E-state index is 3.82. The number of hydrogen-bond acceptors (Lipinski definition) is 2. The van der Waals surface area contributed by atoms with Crippen molar-refractivity contribution in [2.45, 2.75) is 70.3 Å². The van der Waals surface area contributed by atoms with Crippen molar-refractivity contribution in [2.75, 3.05) is 18.6 Å². The summed E-state index contributed by atoms with van der Waals surface area (Å²) in [5.74, 6) is 3.55. The molecular weight excluding hydrogens is 238 g/mol. The zero-order valence-corrected chi connectivity index (χ0v) is 12.9. The fourth-order valence-corrected chi connectivity index (χ4v) is 3.93. The monoisotopic (exact) mass is 269 g/mol. The van der Waals surface area contributed by atoms with Gasteiger partial charge in [0.15, 0.2) is 0 Å². The number of rotatable bonds is 9. The number of unbranched alkanes of at least 4 members (excludes halogenated alkanes) is 3. The van der Waals surface area contributed by atoms with Crippen molar-refractivity contribution in [3.63, 3.8) is 0 Å². The Hall–Kier alpha value is 0.310. The van der Waals surface area contributed by atoms with Crippen LogP contribution in [0.2, 0.25) is 0 Å². The molecule has 0 aliphatic heterocycles. The summed E-state index contributed by atoms with van der Waals surface area (Å²) in [5, 5.41) is 3.82. The fourth-order valence-electron chi connectivity index (χ4n) is 3.44. The molecule has 0 spiro atoms. The molecule has 2 fully saturated rings. The minimum absolute atomic E-state index is 0.857. The average Bonchev–Trinajstić information content (AvgIpc) is 3.22. The minimum Gasteiger partial charge on any atom is -0.314 e. The van der Waals surface area contributed by atoms with Gasteiger partial charge in [0, 0.05) is 6.04 Å². The first-order valence-electron chi connectivity index (χ1n) is 8.12. The van der Waals surface area contributed by atoms with Crippen molar-refractivity contribution in [1.82, 2.24) is 5.32 Å². The molecule has 0 aromatic carbocycles. The van der Waals surface area contributed by atoms with Crippen LogP contribution >= 0.6 is 11.8 Å². The molecule has 0 aromatic heterocycles. The fraction of sp³-hybridized carbons (Fsp3) is 1.00. The van der Waals surface area contributed by atoms with Gasteiger partial charge in [-0.15, -0.1) is 0 Å². The Morgan fingerprint density at radius 3 is 2.56 bits per heavy atom. The van der Waals surface area contributed by atoms with Crippen molar-refractivity contribution in [3.05, 3.63) is 0 Å². The summed E-state index contributed by atoms with van der Waals surface area (Å²) in [5.41, 5.74) is 0. The Morgan fingerprint density at radius 1 is 0.944 bits per heavy atom. The van der Waals surface area contributed by atoms with Crippen LogP contribution < -0.4 is 5.32 Å². The van der Waals surface area contributed by atoms with Gasteiger partial charge in [-0.3, -0.25) is 0 Å². The van der Waals surface area contributed by atoms with E-state index in [9.17, 15) is 0 Å². The molecular formula is C16H31NS. The van der Waals surface area contributed by atoms with Gasteiger partial charge < -0.3 is 5.32 Å². The summed E-state index contributed by atoms with van der Waals surface area (Å²) < 4.78 is 0. The topological polar surface area (TPSA) is 12.0 Å². The molecule has 18 heavy (non-hydrogen) atoms. The molecule has 0 radical (unpaired) electrons.